The Kier molecular flexibility index (Phi) is 3.06. The van der Waals surface area contributed by atoms with E-state index in [2.05, 4.69) is 39.9 Å². The molecule has 0 aromatic heterocycles. The highest BCUT2D eigenvalue weighted by Crippen LogP contribution is 2.33. The molecule has 1 aliphatic heterocycles. The molecule has 1 heteroatoms. The molecule has 1 unspecified atom stereocenters. The third-order valence-electron chi connectivity index (χ3n) is 2.86. The fourth-order valence-electron chi connectivity index (χ4n) is 2.55. The van der Waals surface area contributed by atoms with Crippen molar-refractivity contribution in [1.82, 2.24) is 5.32 Å². The van der Waals surface area contributed by atoms with Crippen LogP contribution in [0.15, 0.2) is 0 Å². The zero-order valence-electron chi connectivity index (χ0n) is 9.91. The first kappa shape index (κ1) is 11.0. The van der Waals surface area contributed by atoms with Crippen LogP contribution >= 0.6 is 0 Å². The summed E-state index contributed by atoms with van der Waals surface area (Å²) < 4.78 is 0. The molecule has 1 nitrogen and oxygen atoms in total. The summed E-state index contributed by atoms with van der Waals surface area (Å²) in [5, 5.41) is 3.57. The largest absolute Gasteiger partial charge is 0.312 e. The van der Waals surface area contributed by atoms with Crippen LogP contribution in [0.2, 0.25) is 0 Å². The van der Waals surface area contributed by atoms with Gasteiger partial charge in [-0.1, -0.05) is 20.8 Å². The van der Waals surface area contributed by atoms with Crippen molar-refractivity contribution in [1.29, 1.82) is 0 Å². The highest BCUT2D eigenvalue weighted by molar-refractivity contribution is 4.87. The number of hydrogen-bond acceptors (Lipinski definition) is 1. The van der Waals surface area contributed by atoms with Crippen LogP contribution in [-0.4, -0.2) is 12.1 Å². The fourth-order valence-corrected chi connectivity index (χ4v) is 2.55. The monoisotopic (exact) mass is 183 g/mol. The number of piperidine rings is 1. The second-order valence-corrected chi connectivity index (χ2v) is 6.43. The first-order valence-electron chi connectivity index (χ1n) is 5.54. The van der Waals surface area contributed by atoms with Crippen LogP contribution in [0.1, 0.15) is 53.9 Å². The van der Waals surface area contributed by atoms with Gasteiger partial charge in [-0.15, -0.1) is 0 Å². The van der Waals surface area contributed by atoms with Gasteiger partial charge in [0.2, 0.25) is 0 Å². The summed E-state index contributed by atoms with van der Waals surface area (Å²) in [6.45, 7) is 12.9. The molecule has 0 radical (unpaired) electrons. The maximum absolute atomic E-state index is 3.57. The second kappa shape index (κ2) is 3.61. The molecule has 0 bridgehead atoms. The standard InChI is InChI=1S/C12H25N/c1-11(2,3)8-10-6-7-13-12(4,5)9-10/h10,13H,6-9H2,1-5H3. The van der Waals surface area contributed by atoms with E-state index < -0.39 is 0 Å². The van der Waals surface area contributed by atoms with Gasteiger partial charge in [0.15, 0.2) is 0 Å². The van der Waals surface area contributed by atoms with E-state index in [-0.39, 0.29) is 0 Å². The summed E-state index contributed by atoms with van der Waals surface area (Å²) in [4.78, 5) is 0. The third kappa shape index (κ3) is 4.12. The minimum absolute atomic E-state index is 0.369. The van der Waals surface area contributed by atoms with Gasteiger partial charge in [0.25, 0.3) is 0 Å². The summed E-state index contributed by atoms with van der Waals surface area (Å²) >= 11 is 0. The predicted molar refractivity (Wildman–Crippen MR) is 58.9 cm³/mol. The summed E-state index contributed by atoms with van der Waals surface area (Å²) in [7, 11) is 0. The molecule has 1 heterocycles. The van der Waals surface area contributed by atoms with Crippen molar-refractivity contribution in [3.05, 3.63) is 0 Å². The Labute approximate surface area is 83.3 Å². The van der Waals surface area contributed by atoms with Crippen LogP contribution in [0.5, 0.6) is 0 Å². The molecule has 78 valence electrons. The van der Waals surface area contributed by atoms with E-state index in [9.17, 15) is 0 Å². The SMILES string of the molecule is CC(C)(C)CC1CCNC(C)(C)C1. The van der Waals surface area contributed by atoms with Crippen molar-refractivity contribution >= 4 is 0 Å². The van der Waals surface area contributed by atoms with E-state index >= 15 is 0 Å². The zero-order valence-corrected chi connectivity index (χ0v) is 9.91. The Balaban J connectivity index is 2.44. The summed E-state index contributed by atoms with van der Waals surface area (Å²) in [6.07, 6.45) is 4.07. The van der Waals surface area contributed by atoms with Gasteiger partial charge in [-0.3, -0.25) is 0 Å². The van der Waals surface area contributed by atoms with Crippen molar-refractivity contribution in [2.75, 3.05) is 6.54 Å². The van der Waals surface area contributed by atoms with Crippen molar-refractivity contribution in [2.45, 2.75) is 59.4 Å². The van der Waals surface area contributed by atoms with Crippen molar-refractivity contribution < 1.29 is 0 Å². The van der Waals surface area contributed by atoms with Crippen molar-refractivity contribution in [3.8, 4) is 0 Å². The molecule has 1 atom stereocenters. The van der Waals surface area contributed by atoms with E-state index in [0.29, 0.717) is 11.0 Å². The van der Waals surface area contributed by atoms with Gasteiger partial charge in [-0.2, -0.15) is 0 Å². The van der Waals surface area contributed by atoms with Crippen LogP contribution in [0, 0.1) is 11.3 Å². The highest BCUT2D eigenvalue weighted by Gasteiger charge is 2.29. The Morgan fingerprint density at radius 1 is 1.31 bits per heavy atom. The summed E-state index contributed by atoms with van der Waals surface area (Å²) in [5.74, 6) is 0.927. The molecule has 0 saturated carbocycles. The highest BCUT2D eigenvalue weighted by atomic mass is 15.0. The molecule has 1 aliphatic rings. The molecule has 0 aromatic carbocycles. The van der Waals surface area contributed by atoms with Gasteiger partial charge in [0.05, 0.1) is 0 Å². The quantitative estimate of drug-likeness (QED) is 0.658. The molecule has 0 amide bonds. The lowest BCUT2D eigenvalue weighted by molar-refractivity contribution is 0.178. The fraction of sp³-hybridized carbons (Fsp3) is 1.00. The van der Waals surface area contributed by atoms with Gasteiger partial charge in [-0.05, 0) is 51.0 Å². The molecule has 0 aliphatic carbocycles. The lowest BCUT2D eigenvalue weighted by Crippen LogP contribution is -2.46. The van der Waals surface area contributed by atoms with E-state index in [1.165, 1.54) is 25.8 Å². The first-order valence-corrected chi connectivity index (χ1v) is 5.54. The van der Waals surface area contributed by atoms with Crippen LogP contribution in [-0.2, 0) is 0 Å². The third-order valence-corrected chi connectivity index (χ3v) is 2.86. The smallest absolute Gasteiger partial charge is 0.0127 e. The van der Waals surface area contributed by atoms with E-state index in [1.807, 2.05) is 0 Å². The lowest BCUT2D eigenvalue weighted by atomic mass is 9.76. The normalized spacial score (nSPS) is 28.8. The minimum atomic E-state index is 0.369. The Morgan fingerprint density at radius 3 is 2.38 bits per heavy atom. The lowest BCUT2D eigenvalue weighted by Gasteiger charge is -2.39. The van der Waals surface area contributed by atoms with E-state index in [1.54, 1.807) is 0 Å². The van der Waals surface area contributed by atoms with Gasteiger partial charge in [0, 0.05) is 5.54 Å². The second-order valence-electron chi connectivity index (χ2n) is 6.43. The van der Waals surface area contributed by atoms with E-state index in [0.717, 1.165) is 5.92 Å². The molecular formula is C12H25N. The number of rotatable bonds is 1. The minimum Gasteiger partial charge on any atom is -0.312 e. The Morgan fingerprint density at radius 2 is 1.92 bits per heavy atom. The molecule has 13 heavy (non-hydrogen) atoms. The molecule has 0 aromatic rings. The Hall–Kier alpha value is -0.0400. The summed E-state index contributed by atoms with van der Waals surface area (Å²) in [6, 6.07) is 0. The topological polar surface area (TPSA) is 12.0 Å². The average molecular weight is 183 g/mol. The molecule has 1 fully saturated rings. The Bertz CT molecular complexity index is 162. The van der Waals surface area contributed by atoms with Gasteiger partial charge < -0.3 is 5.32 Å². The van der Waals surface area contributed by atoms with Crippen LogP contribution in [0.4, 0.5) is 0 Å². The van der Waals surface area contributed by atoms with Crippen molar-refractivity contribution in [3.63, 3.8) is 0 Å². The van der Waals surface area contributed by atoms with Gasteiger partial charge >= 0.3 is 0 Å². The molecule has 0 spiro atoms. The van der Waals surface area contributed by atoms with Crippen molar-refractivity contribution in [2.24, 2.45) is 11.3 Å². The summed E-state index contributed by atoms with van der Waals surface area (Å²) in [5.41, 5.74) is 0.867. The van der Waals surface area contributed by atoms with Crippen LogP contribution < -0.4 is 5.32 Å². The van der Waals surface area contributed by atoms with Gasteiger partial charge in [0.1, 0.15) is 0 Å². The van der Waals surface area contributed by atoms with E-state index in [4.69, 9.17) is 0 Å². The predicted octanol–water partition coefficient (Wildman–Crippen LogP) is 3.20. The maximum atomic E-state index is 3.57. The number of nitrogens with one attached hydrogen (secondary N) is 1. The molecule has 1 rings (SSSR count). The number of hydrogen-bond donors (Lipinski definition) is 1. The first-order chi connectivity index (χ1) is 5.79. The molecule has 1 N–H and O–H groups in total. The van der Waals surface area contributed by atoms with Crippen LogP contribution in [0.25, 0.3) is 0 Å². The molecular weight excluding hydrogens is 158 g/mol. The molecule has 1 saturated heterocycles. The average Bonchev–Trinajstić information content (AvgIpc) is 1.79. The van der Waals surface area contributed by atoms with Gasteiger partial charge in [-0.25, -0.2) is 0 Å². The zero-order chi connectivity index (χ0) is 10.1. The maximum Gasteiger partial charge on any atom is 0.0127 e. The van der Waals surface area contributed by atoms with Crippen LogP contribution in [0.3, 0.4) is 0 Å².